The zero-order valence-corrected chi connectivity index (χ0v) is 19.2. The van der Waals surface area contributed by atoms with E-state index < -0.39 is 0 Å². The monoisotopic (exact) mass is 462 g/mol. The molecule has 2 aromatic heterocycles. The third-order valence-electron chi connectivity index (χ3n) is 6.22. The Bertz CT molecular complexity index is 1650. The van der Waals surface area contributed by atoms with E-state index in [0.29, 0.717) is 51.0 Å². The van der Waals surface area contributed by atoms with Crippen molar-refractivity contribution in [3.05, 3.63) is 63.6 Å². The highest BCUT2D eigenvalue weighted by atomic mass is 16.1. The van der Waals surface area contributed by atoms with Crippen LogP contribution in [0.1, 0.15) is 23.6 Å². The van der Waals surface area contributed by atoms with Crippen LogP contribution >= 0.6 is 0 Å². The van der Waals surface area contributed by atoms with Gasteiger partial charge < -0.3 is 10.2 Å². The molecule has 5 rings (SSSR count). The zero-order valence-electron chi connectivity index (χ0n) is 19.2. The van der Waals surface area contributed by atoms with Gasteiger partial charge in [-0.25, -0.2) is 9.67 Å². The molecule has 2 aromatic carbocycles. The van der Waals surface area contributed by atoms with Crippen LogP contribution in [0.3, 0.4) is 0 Å². The van der Waals surface area contributed by atoms with E-state index in [2.05, 4.69) is 39.3 Å². The van der Waals surface area contributed by atoms with Gasteiger partial charge in [0.25, 0.3) is 5.56 Å². The molecule has 4 aromatic rings. The number of imidazole rings is 1. The zero-order chi connectivity index (χ0) is 24.4. The Morgan fingerprint density at radius 1 is 1.11 bits per heavy atom. The number of nitrogens with one attached hydrogen (secondary N) is 1. The highest BCUT2D eigenvalue weighted by Crippen LogP contribution is 2.26. The fourth-order valence-corrected chi connectivity index (χ4v) is 4.54. The van der Waals surface area contributed by atoms with Crippen molar-refractivity contribution in [2.24, 2.45) is 0 Å². The minimum absolute atomic E-state index is 0.0603. The van der Waals surface area contributed by atoms with Crippen LogP contribution in [-0.2, 0) is 13.1 Å². The van der Waals surface area contributed by atoms with Crippen LogP contribution in [0.2, 0.25) is 0 Å². The van der Waals surface area contributed by atoms with Crippen LogP contribution in [-0.4, -0.2) is 45.5 Å². The molecule has 0 atom stereocenters. The van der Waals surface area contributed by atoms with Crippen molar-refractivity contribution in [1.29, 1.82) is 10.5 Å². The molecule has 1 aliphatic rings. The lowest BCUT2D eigenvalue weighted by molar-refractivity contribution is 0.572. The van der Waals surface area contributed by atoms with Crippen molar-refractivity contribution >= 4 is 27.8 Å². The van der Waals surface area contributed by atoms with Crippen molar-refractivity contribution in [2.45, 2.75) is 20.0 Å². The van der Waals surface area contributed by atoms with Gasteiger partial charge in [0.2, 0.25) is 5.95 Å². The SMILES string of the molecule is CC#CCn1c(N2CCNCC2)nc2cnn(Cc3cc(C#N)c4ccccc4c3C#N)c(=O)c21. The standard InChI is InChI=1S/C26H22N8O/c1-2-3-10-33-24-23(31-26(33)32-11-8-29-9-12-32)16-30-34(25(24)35)17-19-13-18(14-27)20-6-4-5-7-21(20)22(19)15-28/h4-7,13,16,29H,8-12,17H2,1H3. The summed E-state index contributed by atoms with van der Waals surface area (Å²) in [6, 6.07) is 13.4. The van der Waals surface area contributed by atoms with Crippen molar-refractivity contribution in [3.8, 4) is 24.0 Å². The predicted molar refractivity (Wildman–Crippen MR) is 133 cm³/mol. The first-order valence-corrected chi connectivity index (χ1v) is 11.3. The molecule has 0 radical (unpaired) electrons. The largest absolute Gasteiger partial charge is 0.340 e. The Morgan fingerprint density at radius 3 is 2.60 bits per heavy atom. The molecule has 0 bridgehead atoms. The van der Waals surface area contributed by atoms with Crippen LogP contribution < -0.4 is 15.8 Å². The summed E-state index contributed by atoms with van der Waals surface area (Å²) in [5, 5.41) is 28.7. The number of nitrogens with zero attached hydrogens (tertiary/aromatic N) is 7. The number of anilines is 1. The highest BCUT2D eigenvalue weighted by Gasteiger charge is 2.22. The maximum atomic E-state index is 13.6. The van der Waals surface area contributed by atoms with Crippen LogP contribution in [0.4, 0.5) is 5.95 Å². The van der Waals surface area contributed by atoms with Crippen molar-refractivity contribution in [2.75, 3.05) is 31.1 Å². The van der Waals surface area contributed by atoms with Gasteiger partial charge in [-0.3, -0.25) is 9.36 Å². The Labute approximate surface area is 201 Å². The summed E-state index contributed by atoms with van der Waals surface area (Å²) in [4.78, 5) is 20.5. The van der Waals surface area contributed by atoms with Crippen LogP contribution in [0, 0.1) is 34.5 Å². The maximum absolute atomic E-state index is 13.6. The lowest BCUT2D eigenvalue weighted by Gasteiger charge is -2.28. The van der Waals surface area contributed by atoms with E-state index in [0.717, 1.165) is 26.2 Å². The minimum atomic E-state index is -0.315. The number of benzene rings is 2. The van der Waals surface area contributed by atoms with Crippen molar-refractivity contribution in [1.82, 2.24) is 24.6 Å². The molecular weight excluding hydrogens is 440 g/mol. The maximum Gasteiger partial charge on any atom is 0.293 e. The van der Waals surface area contributed by atoms with E-state index >= 15 is 0 Å². The number of hydrogen-bond donors (Lipinski definition) is 1. The summed E-state index contributed by atoms with van der Waals surface area (Å²) in [7, 11) is 0. The number of piperazine rings is 1. The lowest BCUT2D eigenvalue weighted by atomic mass is 9.95. The fourth-order valence-electron chi connectivity index (χ4n) is 4.54. The average molecular weight is 463 g/mol. The summed E-state index contributed by atoms with van der Waals surface area (Å²) in [5.41, 5.74) is 2.07. The second-order valence-electron chi connectivity index (χ2n) is 8.23. The van der Waals surface area contributed by atoms with Gasteiger partial charge in [0.15, 0.2) is 0 Å². The summed E-state index contributed by atoms with van der Waals surface area (Å²) in [6.07, 6.45) is 1.58. The van der Waals surface area contributed by atoms with Gasteiger partial charge in [-0.05, 0) is 18.6 Å². The number of nitriles is 2. The Kier molecular flexibility index (Phi) is 5.89. The summed E-state index contributed by atoms with van der Waals surface area (Å²) >= 11 is 0. The lowest BCUT2D eigenvalue weighted by Crippen LogP contribution is -2.44. The highest BCUT2D eigenvalue weighted by molar-refractivity contribution is 5.93. The van der Waals surface area contributed by atoms with Gasteiger partial charge in [0, 0.05) is 37.0 Å². The van der Waals surface area contributed by atoms with Crippen LogP contribution in [0.5, 0.6) is 0 Å². The van der Waals surface area contributed by atoms with Crippen LogP contribution in [0.25, 0.3) is 21.8 Å². The first-order chi connectivity index (χ1) is 17.2. The predicted octanol–water partition coefficient (Wildman–Crippen LogP) is 1.97. The van der Waals surface area contributed by atoms with Crippen molar-refractivity contribution < 1.29 is 0 Å². The summed E-state index contributed by atoms with van der Waals surface area (Å²) in [5.74, 6) is 6.66. The molecule has 1 N–H and O–H groups in total. The molecular formula is C26H22N8O. The van der Waals surface area contributed by atoms with E-state index in [-0.39, 0.29) is 12.1 Å². The third-order valence-corrected chi connectivity index (χ3v) is 6.22. The van der Waals surface area contributed by atoms with E-state index in [1.807, 2.05) is 28.8 Å². The van der Waals surface area contributed by atoms with Gasteiger partial charge >= 0.3 is 0 Å². The number of aromatic nitrogens is 4. The Hall–Kier alpha value is -4.65. The molecule has 0 spiro atoms. The first kappa shape index (κ1) is 22.2. The van der Waals surface area contributed by atoms with Gasteiger partial charge in [-0.1, -0.05) is 30.2 Å². The smallest absolute Gasteiger partial charge is 0.293 e. The van der Waals surface area contributed by atoms with Gasteiger partial charge in [0.1, 0.15) is 17.1 Å². The van der Waals surface area contributed by atoms with Crippen LogP contribution in [0.15, 0.2) is 41.3 Å². The van der Waals surface area contributed by atoms with E-state index in [4.69, 9.17) is 4.98 Å². The second kappa shape index (κ2) is 9.30. The van der Waals surface area contributed by atoms with Gasteiger partial charge in [0.05, 0.1) is 36.5 Å². The van der Waals surface area contributed by atoms with Gasteiger partial charge in [-0.2, -0.15) is 15.6 Å². The van der Waals surface area contributed by atoms with E-state index in [1.54, 1.807) is 19.2 Å². The molecule has 35 heavy (non-hydrogen) atoms. The van der Waals surface area contributed by atoms with E-state index in [9.17, 15) is 15.3 Å². The number of rotatable bonds is 4. The molecule has 0 saturated carbocycles. The molecule has 3 heterocycles. The Morgan fingerprint density at radius 2 is 1.89 bits per heavy atom. The van der Waals surface area contributed by atoms with Gasteiger partial charge in [-0.15, -0.1) is 5.92 Å². The molecule has 9 nitrogen and oxygen atoms in total. The molecule has 172 valence electrons. The van der Waals surface area contributed by atoms with E-state index in [1.165, 1.54) is 4.68 Å². The quantitative estimate of drug-likeness (QED) is 0.461. The topological polar surface area (TPSA) is 116 Å². The normalized spacial score (nSPS) is 13.3. The minimum Gasteiger partial charge on any atom is -0.340 e. The molecule has 1 saturated heterocycles. The number of fused-ring (bicyclic) bond motifs is 2. The fraction of sp³-hybridized carbons (Fsp3) is 0.269. The molecule has 1 fully saturated rings. The molecule has 1 aliphatic heterocycles. The summed E-state index contributed by atoms with van der Waals surface area (Å²) < 4.78 is 3.18. The molecule has 0 amide bonds. The Balaban J connectivity index is 1.66. The summed E-state index contributed by atoms with van der Waals surface area (Å²) in [6.45, 7) is 5.40. The van der Waals surface area contributed by atoms with Crippen molar-refractivity contribution in [3.63, 3.8) is 0 Å². The third kappa shape index (κ3) is 3.87. The average Bonchev–Trinajstić information content (AvgIpc) is 3.28. The molecule has 0 aliphatic carbocycles. The molecule has 0 unspecified atom stereocenters. The first-order valence-electron chi connectivity index (χ1n) is 11.3. The number of hydrogen-bond acceptors (Lipinski definition) is 7. The molecule has 9 heteroatoms. The second-order valence-corrected chi connectivity index (χ2v) is 8.23.